The Morgan fingerprint density at radius 2 is 2.08 bits per heavy atom. The standard InChI is InChI=1S/C16H11ClN4O2S/c1-8-19-20-13-7-18-14(9-4-2-3-5-11(9)17)10-6-12(16(22)23)24-15(10)21(8)13/h2-6H,7H2,1H3,(H,22,23). The first kappa shape index (κ1) is 15.0. The Morgan fingerprint density at radius 1 is 1.29 bits per heavy atom. The Morgan fingerprint density at radius 3 is 2.83 bits per heavy atom. The summed E-state index contributed by atoms with van der Waals surface area (Å²) in [5.74, 6) is 0.397. The summed E-state index contributed by atoms with van der Waals surface area (Å²) in [6.45, 7) is 2.19. The molecule has 0 saturated heterocycles. The third-order valence-electron chi connectivity index (χ3n) is 3.78. The van der Waals surface area contributed by atoms with Crippen LogP contribution in [0.25, 0.3) is 5.00 Å². The Bertz CT molecular complexity index is 1010. The van der Waals surface area contributed by atoms with Crippen LogP contribution in [0.3, 0.4) is 0 Å². The van der Waals surface area contributed by atoms with Gasteiger partial charge in [0.25, 0.3) is 0 Å². The predicted molar refractivity (Wildman–Crippen MR) is 91.7 cm³/mol. The quantitative estimate of drug-likeness (QED) is 0.761. The Kier molecular flexibility index (Phi) is 3.47. The first-order chi connectivity index (χ1) is 11.6. The number of aliphatic imine (C=N–C) groups is 1. The van der Waals surface area contributed by atoms with E-state index in [4.69, 9.17) is 11.6 Å². The number of fused-ring (bicyclic) bond motifs is 3. The molecule has 6 nitrogen and oxygen atoms in total. The van der Waals surface area contributed by atoms with Crippen LogP contribution in [-0.2, 0) is 6.54 Å². The average Bonchev–Trinajstić information content (AvgIpc) is 3.10. The van der Waals surface area contributed by atoms with Crippen molar-refractivity contribution < 1.29 is 9.90 Å². The second-order valence-corrected chi connectivity index (χ2v) is 6.72. The fourth-order valence-electron chi connectivity index (χ4n) is 2.71. The van der Waals surface area contributed by atoms with Gasteiger partial charge in [-0.3, -0.25) is 9.56 Å². The van der Waals surface area contributed by atoms with Gasteiger partial charge in [0.05, 0.1) is 5.71 Å². The average molecular weight is 359 g/mol. The highest BCUT2D eigenvalue weighted by molar-refractivity contribution is 7.16. The molecule has 1 aliphatic rings. The number of benzene rings is 1. The van der Waals surface area contributed by atoms with Crippen molar-refractivity contribution in [2.24, 2.45) is 4.99 Å². The highest BCUT2D eigenvalue weighted by Gasteiger charge is 2.26. The number of thiophene rings is 1. The summed E-state index contributed by atoms with van der Waals surface area (Å²) in [5, 5.41) is 18.9. The van der Waals surface area contributed by atoms with Crippen LogP contribution in [0.5, 0.6) is 0 Å². The van der Waals surface area contributed by atoms with E-state index in [9.17, 15) is 9.90 Å². The van der Waals surface area contributed by atoms with Crippen LogP contribution >= 0.6 is 22.9 Å². The van der Waals surface area contributed by atoms with Gasteiger partial charge in [-0.1, -0.05) is 29.8 Å². The molecule has 0 amide bonds. The Balaban J connectivity index is 2.01. The number of carbonyl (C=O) groups is 1. The third kappa shape index (κ3) is 2.24. The molecular weight excluding hydrogens is 348 g/mol. The van der Waals surface area contributed by atoms with Gasteiger partial charge in [0.1, 0.15) is 22.2 Å². The number of carboxylic acids is 1. The summed E-state index contributed by atoms with van der Waals surface area (Å²) in [7, 11) is 0. The smallest absolute Gasteiger partial charge is 0.345 e. The Hall–Kier alpha value is -2.51. The number of carboxylic acid groups (broad SMARTS) is 1. The van der Waals surface area contributed by atoms with Gasteiger partial charge in [-0.2, -0.15) is 0 Å². The largest absolute Gasteiger partial charge is 0.477 e. The summed E-state index contributed by atoms with van der Waals surface area (Å²) in [5.41, 5.74) is 2.17. The number of hydrogen-bond donors (Lipinski definition) is 1. The maximum absolute atomic E-state index is 11.5. The van der Waals surface area contributed by atoms with Crippen molar-refractivity contribution in [3.05, 3.63) is 63.0 Å². The molecule has 1 aromatic carbocycles. The van der Waals surface area contributed by atoms with Crippen molar-refractivity contribution in [2.45, 2.75) is 13.5 Å². The van der Waals surface area contributed by atoms with Gasteiger partial charge in [0, 0.05) is 16.1 Å². The Labute approximate surface area is 146 Å². The van der Waals surface area contributed by atoms with Crippen LogP contribution in [0.4, 0.5) is 0 Å². The summed E-state index contributed by atoms with van der Waals surface area (Å²) < 4.78 is 1.86. The normalized spacial score (nSPS) is 13.0. The van der Waals surface area contributed by atoms with Gasteiger partial charge in [0.15, 0.2) is 5.82 Å². The van der Waals surface area contributed by atoms with Crippen LogP contribution in [0.1, 0.15) is 32.4 Å². The van der Waals surface area contributed by atoms with E-state index < -0.39 is 5.97 Å². The highest BCUT2D eigenvalue weighted by atomic mass is 35.5. The van der Waals surface area contributed by atoms with Crippen LogP contribution in [-0.4, -0.2) is 31.6 Å². The predicted octanol–water partition coefficient (Wildman–Crippen LogP) is 3.34. The van der Waals surface area contributed by atoms with E-state index in [1.54, 1.807) is 12.1 Å². The van der Waals surface area contributed by atoms with Crippen molar-refractivity contribution in [1.29, 1.82) is 0 Å². The number of aryl methyl sites for hydroxylation is 1. The molecule has 0 saturated carbocycles. The van der Waals surface area contributed by atoms with Crippen molar-refractivity contribution in [2.75, 3.05) is 0 Å². The molecule has 0 bridgehead atoms. The minimum absolute atomic E-state index is 0.237. The molecule has 120 valence electrons. The van der Waals surface area contributed by atoms with E-state index in [1.807, 2.05) is 29.7 Å². The zero-order valence-corrected chi connectivity index (χ0v) is 14.1. The van der Waals surface area contributed by atoms with Gasteiger partial charge in [-0.25, -0.2) is 4.79 Å². The zero-order chi connectivity index (χ0) is 16.8. The molecule has 8 heteroatoms. The summed E-state index contributed by atoms with van der Waals surface area (Å²) in [6.07, 6.45) is 0. The lowest BCUT2D eigenvalue weighted by molar-refractivity contribution is 0.0702. The maximum atomic E-state index is 11.5. The molecule has 4 rings (SSSR count). The van der Waals surface area contributed by atoms with Crippen molar-refractivity contribution in [3.63, 3.8) is 0 Å². The molecule has 0 unspecified atom stereocenters. The van der Waals surface area contributed by atoms with E-state index in [0.29, 0.717) is 28.9 Å². The van der Waals surface area contributed by atoms with Crippen LogP contribution in [0.15, 0.2) is 35.3 Å². The molecule has 0 spiro atoms. The van der Waals surface area contributed by atoms with E-state index in [2.05, 4.69) is 15.2 Å². The number of halogens is 1. The molecule has 0 atom stereocenters. The summed E-state index contributed by atoms with van der Waals surface area (Å²) in [4.78, 5) is 16.3. The molecule has 3 aromatic rings. The van der Waals surface area contributed by atoms with E-state index in [-0.39, 0.29) is 4.88 Å². The van der Waals surface area contributed by atoms with Gasteiger partial charge in [0.2, 0.25) is 0 Å². The molecule has 0 radical (unpaired) electrons. The zero-order valence-electron chi connectivity index (χ0n) is 12.5. The molecule has 0 aliphatic carbocycles. The summed E-state index contributed by atoms with van der Waals surface area (Å²) in [6, 6.07) is 9.03. The molecule has 3 heterocycles. The van der Waals surface area contributed by atoms with Crippen molar-refractivity contribution in [1.82, 2.24) is 14.8 Å². The van der Waals surface area contributed by atoms with Gasteiger partial charge < -0.3 is 5.11 Å². The van der Waals surface area contributed by atoms with Crippen LogP contribution in [0.2, 0.25) is 5.02 Å². The SMILES string of the molecule is Cc1nnc2n1-c1sc(C(=O)O)cc1C(c1ccccc1Cl)=NC2. The second kappa shape index (κ2) is 5.54. The molecular formula is C16H11ClN4O2S. The topological polar surface area (TPSA) is 80.4 Å². The fraction of sp³-hybridized carbons (Fsp3) is 0.125. The lowest BCUT2D eigenvalue weighted by Crippen LogP contribution is -2.05. The fourth-order valence-corrected chi connectivity index (χ4v) is 4.01. The lowest BCUT2D eigenvalue weighted by atomic mass is 10.0. The second-order valence-electron chi connectivity index (χ2n) is 5.28. The van der Waals surface area contributed by atoms with Crippen LogP contribution in [0, 0.1) is 6.92 Å². The number of rotatable bonds is 2. The van der Waals surface area contributed by atoms with E-state index in [1.165, 1.54) is 11.3 Å². The molecule has 0 fully saturated rings. The van der Waals surface area contributed by atoms with Crippen molar-refractivity contribution in [3.8, 4) is 5.00 Å². The molecule has 1 aliphatic heterocycles. The van der Waals surface area contributed by atoms with E-state index in [0.717, 1.165) is 16.1 Å². The van der Waals surface area contributed by atoms with E-state index >= 15 is 0 Å². The highest BCUT2D eigenvalue weighted by Crippen LogP contribution is 2.34. The van der Waals surface area contributed by atoms with Gasteiger partial charge in [-0.05, 0) is 19.1 Å². The first-order valence-corrected chi connectivity index (χ1v) is 8.34. The van der Waals surface area contributed by atoms with Gasteiger partial charge >= 0.3 is 5.97 Å². The number of hydrogen-bond acceptors (Lipinski definition) is 5. The third-order valence-corrected chi connectivity index (χ3v) is 5.22. The maximum Gasteiger partial charge on any atom is 0.345 e. The van der Waals surface area contributed by atoms with Gasteiger partial charge in [-0.15, -0.1) is 21.5 Å². The summed E-state index contributed by atoms with van der Waals surface area (Å²) >= 11 is 7.52. The molecule has 2 aromatic heterocycles. The minimum Gasteiger partial charge on any atom is -0.477 e. The molecule has 1 N–H and O–H groups in total. The monoisotopic (exact) mass is 358 g/mol. The van der Waals surface area contributed by atoms with Crippen molar-refractivity contribution >= 4 is 34.6 Å². The first-order valence-electron chi connectivity index (χ1n) is 7.14. The number of nitrogens with zero attached hydrogens (tertiary/aromatic N) is 4. The molecule has 24 heavy (non-hydrogen) atoms. The van der Waals surface area contributed by atoms with Crippen LogP contribution < -0.4 is 0 Å². The minimum atomic E-state index is -0.973. The number of aromatic carboxylic acids is 1. The lowest BCUT2D eigenvalue weighted by Gasteiger charge is -2.08. The number of aromatic nitrogens is 3.